The second-order valence-corrected chi connectivity index (χ2v) is 31.3. The summed E-state index contributed by atoms with van der Waals surface area (Å²) >= 11 is 0. The lowest BCUT2D eigenvalue weighted by atomic mass is 9.99. The normalized spacial score (nSPS) is 14.5. The Morgan fingerprint density at radius 2 is 0.516 bits per heavy atom. The molecule has 0 bridgehead atoms. The van der Waals surface area contributed by atoms with E-state index in [4.69, 9.17) is 37.0 Å². The van der Waals surface area contributed by atoms with Crippen LogP contribution in [-0.4, -0.2) is 96.7 Å². The van der Waals surface area contributed by atoms with Crippen LogP contribution >= 0.6 is 15.6 Å². The van der Waals surface area contributed by atoms with Gasteiger partial charge in [0.2, 0.25) is 0 Å². The highest BCUT2D eigenvalue weighted by molar-refractivity contribution is 7.47. The first-order valence-corrected chi connectivity index (χ1v) is 41.2. The number of unbranched alkanes of at least 4 members (excludes halogenated alkanes) is 36. The van der Waals surface area contributed by atoms with Gasteiger partial charge in [0.1, 0.15) is 19.3 Å². The number of phosphoric acid groups is 2. The first kappa shape index (κ1) is 91.1. The molecule has 0 heterocycles. The van der Waals surface area contributed by atoms with E-state index in [1.807, 2.05) is 0 Å². The number of phosphoric ester groups is 2. The van der Waals surface area contributed by atoms with E-state index in [2.05, 4.69) is 55.4 Å². The van der Waals surface area contributed by atoms with Crippen LogP contribution in [0.4, 0.5) is 0 Å². The number of hydrogen-bond acceptors (Lipinski definition) is 15. The van der Waals surface area contributed by atoms with Gasteiger partial charge in [-0.2, -0.15) is 0 Å². The average Bonchev–Trinajstić information content (AvgIpc) is 1.91. The molecule has 0 aromatic carbocycles. The maximum atomic E-state index is 13.1. The van der Waals surface area contributed by atoms with Crippen LogP contribution in [0, 0.1) is 23.7 Å². The quantitative estimate of drug-likeness (QED) is 0.0222. The Kier molecular flexibility index (Phi) is 62.2. The van der Waals surface area contributed by atoms with E-state index < -0.39 is 97.5 Å². The lowest BCUT2D eigenvalue weighted by molar-refractivity contribution is -0.161. The summed E-state index contributed by atoms with van der Waals surface area (Å²) in [5.74, 6) is 0.927. The lowest BCUT2D eigenvalue weighted by Crippen LogP contribution is -2.30. The first-order chi connectivity index (χ1) is 44.6. The molecule has 0 fully saturated rings. The van der Waals surface area contributed by atoms with Crippen molar-refractivity contribution in [3.63, 3.8) is 0 Å². The van der Waals surface area contributed by atoms with Gasteiger partial charge in [-0.05, 0) is 49.4 Å². The van der Waals surface area contributed by atoms with E-state index in [0.717, 1.165) is 114 Å². The van der Waals surface area contributed by atoms with Crippen LogP contribution in [0.1, 0.15) is 370 Å². The highest BCUT2D eigenvalue weighted by atomic mass is 31.2. The van der Waals surface area contributed by atoms with E-state index in [1.54, 1.807) is 0 Å². The molecule has 0 saturated heterocycles. The Morgan fingerprint density at radius 1 is 0.301 bits per heavy atom. The number of ether oxygens (including phenoxy) is 4. The van der Waals surface area contributed by atoms with Crippen molar-refractivity contribution in [2.45, 2.75) is 388 Å². The molecule has 3 N–H and O–H groups in total. The van der Waals surface area contributed by atoms with Crippen LogP contribution in [0.15, 0.2) is 0 Å². The Balaban J connectivity index is 5.26. The summed E-state index contributed by atoms with van der Waals surface area (Å²) in [4.78, 5) is 72.7. The zero-order valence-electron chi connectivity index (χ0n) is 60.9. The molecule has 0 aromatic rings. The Labute approximate surface area is 568 Å². The largest absolute Gasteiger partial charge is 0.472 e. The number of aliphatic hydroxyl groups excluding tert-OH is 1. The van der Waals surface area contributed by atoms with E-state index in [1.165, 1.54) is 167 Å². The van der Waals surface area contributed by atoms with Gasteiger partial charge < -0.3 is 33.8 Å². The van der Waals surface area contributed by atoms with E-state index in [9.17, 15) is 43.2 Å². The molecule has 19 heteroatoms. The van der Waals surface area contributed by atoms with Gasteiger partial charge in [-0.15, -0.1) is 0 Å². The monoisotopic (exact) mass is 1370 g/mol. The molecule has 552 valence electrons. The highest BCUT2D eigenvalue weighted by Gasteiger charge is 2.30. The van der Waals surface area contributed by atoms with Crippen LogP contribution < -0.4 is 0 Å². The molecular formula is C74H144O17P2. The molecular weight excluding hydrogens is 1220 g/mol. The molecule has 0 aromatic heterocycles. The van der Waals surface area contributed by atoms with E-state index in [-0.39, 0.29) is 25.7 Å². The smallest absolute Gasteiger partial charge is 0.462 e. The molecule has 6 atom stereocenters. The summed E-state index contributed by atoms with van der Waals surface area (Å²) in [6.45, 7) is 14.2. The van der Waals surface area contributed by atoms with Crippen LogP contribution in [0.25, 0.3) is 0 Å². The van der Waals surface area contributed by atoms with Gasteiger partial charge in [0.05, 0.1) is 26.4 Å². The number of carbonyl (C=O) groups is 4. The summed E-state index contributed by atoms with van der Waals surface area (Å²) in [6, 6.07) is 0. The van der Waals surface area contributed by atoms with Gasteiger partial charge in [-0.1, -0.05) is 319 Å². The second-order valence-electron chi connectivity index (χ2n) is 28.4. The van der Waals surface area contributed by atoms with Crippen molar-refractivity contribution < 1.29 is 80.2 Å². The van der Waals surface area contributed by atoms with Crippen LogP contribution in [0.3, 0.4) is 0 Å². The van der Waals surface area contributed by atoms with Gasteiger partial charge in [-0.3, -0.25) is 37.3 Å². The van der Waals surface area contributed by atoms with Gasteiger partial charge >= 0.3 is 39.5 Å². The summed E-state index contributed by atoms with van der Waals surface area (Å²) in [7, 11) is -9.91. The molecule has 0 saturated carbocycles. The maximum Gasteiger partial charge on any atom is 0.472 e. The molecule has 0 amide bonds. The summed E-state index contributed by atoms with van der Waals surface area (Å²) in [5.41, 5.74) is 0. The third kappa shape index (κ3) is 67.0. The minimum atomic E-state index is -4.96. The lowest BCUT2D eigenvalue weighted by Gasteiger charge is -2.21. The Bertz CT molecular complexity index is 1840. The Morgan fingerprint density at radius 3 is 0.763 bits per heavy atom. The first-order valence-electron chi connectivity index (χ1n) is 38.2. The summed E-state index contributed by atoms with van der Waals surface area (Å²) < 4.78 is 68.5. The zero-order chi connectivity index (χ0) is 68.9. The molecule has 0 rings (SSSR count). The maximum absolute atomic E-state index is 13.1. The van der Waals surface area contributed by atoms with Crippen molar-refractivity contribution in [3.8, 4) is 0 Å². The minimum absolute atomic E-state index is 0.105. The van der Waals surface area contributed by atoms with E-state index >= 15 is 0 Å². The topological polar surface area (TPSA) is 237 Å². The van der Waals surface area contributed by atoms with Crippen molar-refractivity contribution in [3.05, 3.63) is 0 Å². The molecule has 0 aliphatic carbocycles. The zero-order valence-corrected chi connectivity index (χ0v) is 62.7. The minimum Gasteiger partial charge on any atom is -0.462 e. The molecule has 0 aliphatic rings. The van der Waals surface area contributed by atoms with Crippen molar-refractivity contribution in [2.24, 2.45) is 23.7 Å². The predicted molar refractivity (Wildman–Crippen MR) is 377 cm³/mol. The molecule has 17 nitrogen and oxygen atoms in total. The SMILES string of the molecule is CCC(C)CCCCCCCCCCCCC(=O)O[C@H](COC(=O)CCCCCCCCCCCCCCCC(C)C)COP(=O)(O)OCC(O)COP(=O)(O)OC[C@@H](COC(=O)CCCCCCCCCC(C)C)OC(=O)CCCCCCCCCCCCC(C)C. The summed E-state index contributed by atoms with van der Waals surface area (Å²) in [5, 5.41) is 10.6. The highest BCUT2D eigenvalue weighted by Crippen LogP contribution is 2.45. The number of aliphatic hydroxyl groups is 1. The average molecular weight is 1370 g/mol. The standard InChI is InChI=1S/C74H144O17P2/c1-9-67(8)53-45-37-29-21-16-18-24-32-41-49-57-74(79)90-69(60-84-71(76)54-46-38-30-22-14-12-10-11-13-19-26-34-42-50-64(2)3)62-88-92(80,81)86-58-68(75)59-87-93(82,83)89-63-70(61-85-72(77)55-47-39-33-25-28-36-44-52-66(6)7)91-73(78)56-48-40-31-23-17-15-20-27-35-43-51-65(4)5/h64-70,75H,9-63H2,1-8H3,(H,80,81)(H,82,83)/t67?,68?,69-,70-/m1/s1. The van der Waals surface area contributed by atoms with Crippen LogP contribution in [0.2, 0.25) is 0 Å². The third-order valence-corrected chi connectivity index (χ3v) is 19.3. The molecule has 4 unspecified atom stereocenters. The second kappa shape index (κ2) is 63.5. The molecule has 0 spiro atoms. The predicted octanol–water partition coefficient (Wildman–Crippen LogP) is 21.3. The fourth-order valence-corrected chi connectivity index (χ4v) is 12.7. The molecule has 0 radical (unpaired) electrons. The molecule has 93 heavy (non-hydrogen) atoms. The summed E-state index contributed by atoms with van der Waals surface area (Å²) in [6.07, 6.45) is 47.1. The third-order valence-electron chi connectivity index (χ3n) is 17.4. The fraction of sp³-hybridized carbons (Fsp3) is 0.946. The van der Waals surface area contributed by atoms with Gasteiger partial charge in [0.15, 0.2) is 12.2 Å². The van der Waals surface area contributed by atoms with Gasteiger partial charge in [-0.25, -0.2) is 9.13 Å². The van der Waals surface area contributed by atoms with Crippen molar-refractivity contribution in [1.82, 2.24) is 0 Å². The van der Waals surface area contributed by atoms with Crippen molar-refractivity contribution in [1.29, 1.82) is 0 Å². The number of rotatable bonds is 71. The van der Waals surface area contributed by atoms with Crippen molar-refractivity contribution >= 4 is 39.5 Å². The van der Waals surface area contributed by atoms with Gasteiger partial charge in [0, 0.05) is 25.7 Å². The van der Waals surface area contributed by atoms with Crippen LogP contribution in [0.5, 0.6) is 0 Å². The fourth-order valence-electron chi connectivity index (χ4n) is 11.2. The number of carbonyl (C=O) groups excluding carboxylic acids is 4. The van der Waals surface area contributed by atoms with Gasteiger partial charge in [0.25, 0.3) is 0 Å². The van der Waals surface area contributed by atoms with Crippen LogP contribution in [-0.2, 0) is 65.4 Å². The van der Waals surface area contributed by atoms with Crippen molar-refractivity contribution in [2.75, 3.05) is 39.6 Å². The molecule has 0 aliphatic heterocycles. The Hall–Kier alpha value is -1.94. The van der Waals surface area contributed by atoms with E-state index in [0.29, 0.717) is 31.6 Å². The number of hydrogen-bond donors (Lipinski definition) is 3. The number of esters is 4.